The molecule has 0 aliphatic heterocycles. The van der Waals surface area contributed by atoms with Crippen LogP contribution < -0.4 is 11.1 Å². The number of fused-ring (bicyclic) bond motifs is 1. The number of alkyl halides is 1. The molecule has 0 bridgehead atoms. The second-order valence-electron chi connectivity index (χ2n) is 4.60. The number of Topliss-reactive ketones (excluding diaryl/α,β-unsaturated/α-hetero) is 1. The molecule has 4 N–H and O–H groups in total. The molecule has 0 radical (unpaired) electrons. The van der Waals surface area contributed by atoms with Gasteiger partial charge >= 0.3 is 0 Å². The highest BCUT2D eigenvalue weighted by Crippen LogP contribution is 2.34. The molecule has 0 saturated heterocycles. The molecule has 2 aromatic rings. The first-order valence-electron chi connectivity index (χ1n) is 6.46. The van der Waals surface area contributed by atoms with Crippen LogP contribution in [0.15, 0.2) is 35.2 Å². The van der Waals surface area contributed by atoms with Crippen molar-refractivity contribution in [3.63, 3.8) is 0 Å². The standard InChI is InChI=1S/C14H15IN2O4S/c15-8-12(18)11-7-9-3-1-2-4-10(9)13(17-6-5-16)14(11)22(19,20)21/h1-4,7,17H,5-6,8,16H2,(H,19,20,21). The lowest BCUT2D eigenvalue weighted by Gasteiger charge is -2.16. The summed E-state index contributed by atoms with van der Waals surface area (Å²) in [5, 5.41) is 4.23. The molecule has 0 aliphatic carbocycles. The molecule has 0 fully saturated rings. The van der Waals surface area contributed by atoms with Gasteiger partial charge in [-0.2, -0.15) is 8.42 Å². The van der Waals surface area contributed by atoms with Gasteiger partial charge in [-0.1, -0.05) is 46.9 Å². The van der Waals surface area contributed by atoms with Crippen molar-refractivity contribution in [1.29, 1.82) is 0 Å². The molecule has 2 rings (SSSR count). The third-order valence-corrected chi connectivity index (χ3v) is 4.76. The summed E-state index contributed by atoms with van der Waals surface area (Å²) in [4.78, 5) is 11.7. The molecule has 0 aliphatic rings. The van der Waals surface area contributed by atoms with E-state index in [4.69, 9.17) is 5.73 Å². The summed E-state index contributed by atoms with van der Waals surface area (Å²) >= 11 is 1.86. The van der Waals surface area contributed by atoms with Crippen LogP contribution in [0.25, 0.3) is 10.8 Å². The number of nitrogens with one attached hydrogen (secondary N) is 1. The molecule has 0 amide bonds. The summed E-state index contributed by atoms with van der Waals surface area (Å²) in [6.07, 6.45) is 0. The maximum atomic E-state index is 12.1. The first-order valence-corrected chi connectivity index (χ1v) is 9.43. The second-order valence-corrected chi connectivity index (χ2v) is 6.72. The van der Waals surface area contributed by atoms with Crippen molar-refractivity contribution < 1.29 is 17.8 Å². The Morgan fingerprint density at radius 3 is 2.59 bits per heavy atom. The smallest absolute Gasteiger partial charge is 0.297 e. The molecule has 0 aromatic heterocycles. The third kappa shape index (κ3) is 3.40. The number of carbonyl (C=O) groups is 1. The number of nitrogens with two attached hydrogens (primary N) is 1. The minimum atomic E-state index is -4.57. The van der Waals surface area contributed by atoms with E-state index in [0.29, 0.717) is 17.3 Å². The molecular weight excluding hydrogens is 419 g/mol. The van der Waals surface area contributed by atoms with Crippen LogP contribution in [0.3, 0.4) is 0 Å². The molecule has 0 atom stereocenters. The van der Waals surface area contributed by atoms with Crippen molar-refractivity contribution in [2.75, 3.05) is 22.8 Å². The fourth-order valence-electron chi connectivity index (χ4n) is 2.25. The lowest BCUT2D eigenvalue weighted by Crippen LogP contribution is -2.18. The van der Waals surface area contributed by atoms with Crippen LogP contribution in [0.5, 0.6) is 0 Å². The van der Waals surface area contributed by atoms with E-state index in [-0.39, 0.29) is 32.9 Å². The van der Waals surface area contributed by atoms with Gasteiger partial charge in [-0.3, -0.25) is 9.35 Å². The van der Waals surface area contributed by atoms with E-state index in [9.17, 15) is 17.8 Å². The lowest BCUT2D eigenvalue weighted by molar-refractivity contribution is 0.102. The number of rotatable bonds is 6. The number of hydrogen-bond acceptors (Lipinski definition) is 5. The SMILES string of the molecule is NCCNc1c(S(=O)(=O)O)c(C(=O)CI)cc2ccccc12. The van der Waals surface area contributed by atoms with E-state index in [0.717, 1.165) is 0 Å². The Morgan fingerprint density at radius 1 is 1.32 bits per heavy atom. The maximum Gasteiger partial charge on any atom is 0.297 e. The zero-order chi connectivity index (χ0) is 16.3. The normalized spacial score (nSPS) is 11.6. The predicted octanol–water partition coefficient (Wildman–Crippen LogP) is 2.07. The summed E-state index contributed by atoms with van der Waals surface area (Å²) < 4.78 is 33.4. The highest BCUT2D eigenvalue weighted by Gasteiger charge is 2.26. The summed E-state index contributed by atoms with van der Waals surface area (Å²) in [6, 6.07) is 8.54. The molecule has 2 aromatic carbocycles. The van der Waals surface area contributed by atoms with Crippen molar-refractivity contribution in [2.24, 2.45) is 5.73 Å². The Balaban J connectivity index is 2.90. The van der Waals surface area contributed by atoms with Crippen molar-refractivity contribution in [3.8, 4) is 0 Å². The fraction of sp³-hybridized carbons (Fsp3) is 0.214. The van der Waals surface area contributed by atoms with Crippen molar-refractivity contribution in [3.05, 3.63) is 35.9 Å². The zero-order valence-electron chi connectivity index (χ0n) is 11.5. The van der Waals surface area contributed by atoms with Gasteiger partial charge in [0.2, 0.25) is 0 Å². The number of benzene rings is 2. The van der Waals surface area contributed by atoms with E-state index in [1.54, 1.807) is 24.3 Å². The van der Waals surface area contributed by atoms with Crippen LogP contribution in [0.1, 0.15) is 10.4 Å². The number of halogens is 1. The monoisotopic (exact) mass is 434 g/mol. The van der Waals surface area contributed by atoms with Crippen molar-refractivity contribution in [1.82, 2.24) is 0 Å². The van der Waals surface area contributed by atoms with Gasteiger partial charge in [0.05, 0.1) is 10.1 Å². The topological polar surface area (TPSA) is 109 Å². The summed E-state index contributed by atoms with van der Waals surface area (Å²) in [7, 11) is -4.57. The quantitative estimate of drug-likeness (QED) is 0.278. The van der Waals surface area contributed by atoms with E-state index in [2.05, 4.69) is 5.32 Å². The third-order valence-electron chi connectivity index (χ3n) is 3.13. The maximum absolute atomic E-state index is 12.1. The Labute approximate surface area is 142 Å². The predicted molar refractivity (Wildman–Crippen MR) is 94.5 cm³/mol. The number of hydrogen-bond donors (Lipinski definition) is 3. The summed E-state index contributed by atoms with van der Waals surface area (Å²) in [6.45, 7) is 0.595. The summed E-state index contributed by atoms with van der Waals surface area (Å²) in [5.74, 6) is -0.366. The van der Waals surface area contributed by atoms with E-state index < -0.39 is 10.1 Å². The lowest BCUT2D eigenvalue weighted by atomic mass is 10.0. The van der Waals surface area contributed by atoms with Gasteiger partial charge in [0.25, 0.3) is 10.1 Å². The Hall–Kier alpha value is -1.23. The van der Waals surface area contributed by atoms with Gasteiger partial charge in [0, 0.05) is 24.0 Å². The Bertz CT molecular complexity index is 821. The zero-order valence-corrected chi connectivity index (χ0v) is 14.5. The average molecular weight is 434 g/mol. The van der Waals surface area contributed by atoms with Crippen LogP contribution in [-0.2, 0) is 10.1 Å². The molecule has 0 spiro atoms. The number of ketones is 1. The molecule has 8 heteroatoms. The van der Waals surface area contributed by atoms with Gasteiger partial charge in [0.15, 0.2) is 5.78 Å². The van der Waals surface area contributed by atoms with E-state index in [1.165, 1.54) is 6.07 Å². The molecule has 118 valence electrons. The number of anilines is 1. The molecule has 22 heavy (non-hydrogen) atoms. The minimum absolute atomic E-state index is 0.0184. The van der Waals surface area contributed by atoms with Crippen LogP contribution in [-0.4, -0.2) is 36.3 Å². The fourth-order valence-corrected chi connectivity index (χ4v) is 3.55. The molecule has 0 heterocycles. The van der Waals surface area contributed by atoms with Crippen molar-refractivity contribution in [2.45, 2.75) is 4.90 Å². The van der Waals surface area contributed by atoms with Crippen LogP contribution in [0, 0.1) is 0 Å². The van der Waals surface area contributed by atoms with Gasteiger partial charge in [-0.25, -0.2) is 0 Å². The molecule has 0 saturated carbocycles. The second kappa shape index (κ2) is 6.90. The first-order chi connectivity index (χ1) is 10.4. The average Bonchev–Trinajstić information content (AvgIpc) is 2.49. The number of carbonyl (C=O) groups excluding carboxylic acids is 1. The largest absolute Gasteiger partial charge is 0.382 e. The highest BCUT2D eigenvalue weighted by molar-refractivity contribution is 14.1. The van der Waals surface area contributed by atoms with E-state index >= 15 is 0 Å². The van der Waals surface area contributed by atoms with Gasteiger partial charge in [-0.15, -0.1) is 0 Å². The van der Waals surface area contributed by atoms with Crippen LogP contribution >= 0.6 is 22.6 Å². The molecule has 6 nitrogen and oxygen atoms in total. The molecular formula is C14H15IN2O4S. The van der Waals surface area contributed by atoms with Gasteiger partial charge in [0.1, 0.15) is 4.90 Å². The molecule has 0 unspecified atom stereocenters. The minimum Gasteiger partial charge on any atom is -0.382 e. The van der Waals surface area contributed by atoms with Gasteiger partial charge in [-0.05, 0) is 11.5 Å². The van der Waals surface area contributed by atoms with Crippen LogP contribution in [0.2, 0.25) is 0 Å². The first kappa shape index (κ1) is 17.1. The Kier molecular flexibility index (Phi) is 5.37. The van der Waals surface area contributed by atoms with E-state index in [1.807, 2.05) is 22.6 Å². The Morgan fingerprint density at radius 2 is 2.00 bits per heavy atom. The van der Waals surface area contributed by atoms with Crippen molar-refractivity contribution >= 4 is 55.0 Å². The van der Waals surface area contributed by atoms with Gasteiger partial charge < -0.3 is 11.1 Å². The summed E-state index contributed by atoms with van der Waals surface area (Å²) in [5.41, 5.74) is 5.65. The highest BCUT2D eigenvalue weighted by atomic mass is 127. The van der Waals surface area contributed by atoms with Crippen LogP contribution in [0.4, 0.5) is 5.69 Å².